The number of hydrogen-bond donors (Lipinski definition) is 2. The van der Waals surface area contributed by atoms with Crippen LogP contribution in [0.2, 0.25) is 0 Å². The van der Waals surface area contributed by atoms with Crippen molar-refractivity contribution in [1.82, 2.24) is 20.3 Å². The minimum absolute atomic E-state index is 0.0405. The molecule has 0 aliphatic heterocycles. The molecule has 0 aliphatic rings. The average Bonchev–Trinajstić information content (AvgIpc) is 2.93. The fourth-order valence-corrected chi connectivity index (χ4v) is 2.09. The maximum atomic E-state index is 12.2. The monoisotopic (exact) mass is 333 g/mol. The summed E-state index contributed by atoms with van der Waals surface area (Å²) in [6.45, 7) is 3.20. The zero-order valence-corrected chi connectivity index (χ0v) is 13.0. The Balaban J connectivity index is 2.31. The Labute approximate surface area is 136 Å². The highest BCUT2D eigenvalue weighted by Crippen LogP contribution is 2.18. The predicted molar refractivity (Wildman–Crippen MR) is 81.9 cm³/mol. The molecule has 0 saturated heterocycles. The number of nitrogens with one attached hydrogen (secondary N) is 1. The summed E-state index contributed by atoms with van der Waals surface area (Å²) < 4.78 is 1.28. The topological polar surface area (TPSA) is 140 Å². The van der Waals surface area contributed by atoms with E-state index in [1.54, 1.807) is 19.9 Å². The van der Waals surface area contributed by atoms with Crippen LogP contribution >= 0.6 is 0 Å². The fraction of sp³-hybridized carbons (Fsp3) is 0.286. The van der Waals surface area contributed by atoms with Crippen molar-refractivity contribution in [3.05, 3.63) is 45.8 Å². The number of amides is 1. The highest BCUT2D eigenvalue weighted by atomic mass is 16.6. The van der Waals surface area contributed by atoms with Gasteiger partial charge in [-0.1, -0.05) is 18.2 Å². The number of aromatic nitrogens is 3. The normalized spacial score (nSPS) is 11.8. The number of rotatable bonds is 6. The average molecular weight is 333 g/mol. The predicted octanol–water partition coefficient (Wildman–Crippen LogP) is 1.08. The van der Waals surface area contributed by atoms with Crippen molar-refractivity contribution >= 4 is 17.6 Å². The number of hydrogen-bond acceptors (Lipinski definition) is 6. The molecule has 1 amide bonds. The summed E-state index contributed by atoms with van der Waals surface area (Å²) >= 11 is 0. The third kappa shape index (κ3) is 3.37. The second-order valence-electron chi connectivity index (χ2n) is 4.98. The summed E-state index contributed by atoms with van der Waals surface area (Å²) in [7, 11) is 0. The maximum Gasteiger partial charge on any atom is 0.326 e. The van der Waals surface area contributed by atoms with Crippen molar-refractivity contribution in [3.8, 4) is 5.69 Å². The van der Waals surface area contributed by atoms with Gasteiger partial charge in [-0.25, -0.2) is 9.48 Å². The summed E-state index contributed by atoms with van der Waals surface area (Å²) in [6.07, 6.45) is 0.221. The van der Waals surface area contributed by atoms with Crippen LogP contribution in [0.25, 0.3) is 5.69 Å². The van der Waals surface area contributed by atoms with Gasteiger partial charge in [0, 0.05) is 12.1 Å². The Hall–Kier alpha value is -3.30. The number of benzene rings is 1. The number of carbonyl (C=O) groups excluding carboxylic acids is 1. The van der Waals surface area contributed by atoms with E-state index in [1.165, 1.54) is 22.9 Å². The number of nitro groups is 1. The third-order valence-electron chi connectivity index (χ3n) is 3.41. The summed E-state index contributed by atoms with van der Waals surface area (Å²) in [5.41, 5.74) is 0.554. The lowest BCUT2D eigenvalue weighted by molar-refractivity contribution is -0.384. The number of nitrogens with zero attached hydrogens (tertiary/aromatic N) is 4. The van der Waals surface area contributed by atoms with Gasteiger partial charge >= 0.3 is 5.97 Å². The van der Waals surface area contributed by atoms with Crippen molar-refractivity contribution in [1.29, 1.82) is 0 Å². The molecule has 24 heavy (non-hydrogen) atoms. The van der Waals surface area contributed by atoms with E-state index < -0.39 is 22.8 Å². The fourth-order valence-electron chi connectivity index (χ4n) is 2.09. The molecule has 126 valence electrons. The van der Waals surface area contributed by atoms with Gasteiger partial charge in [-0.05, 0) is 19.4 Å². The molecule has 0 saturated carbocycles. The van der Waals surface area contributed by atoms with Gasteiger partial charge in [0.1, 0.15) is 6.04 Å². The molecule has 0 radical (unpaired) electrons. The number of nitro benzene ring substituents is 1. The van der Waals surface area contributed by atoms with Crippen molar-refractivity contribution in [3.63, 3.8) is 0 Å². The van der Waals surface area contributed by atoms with Gasteiger partial charge in [0.2, 0.25) is 0 Å². The van der Waals surface area contributed by atoms with Gasteiger partial charge in [0.15, 0.2) is 5.69 Å². The van der Waals surface area contributed by atoms with Crippen LogP contribution in [0.1, 0.15) is 29.5 Å². The maximum absolute atomic E-state index is 12.2. The van der Waals surface area contributed by atoms with Gasteiger partial charge in [-0.3, -0.25) is 14.9 Å². The third-order valence-corrected chi connectivity index (χ3v) is 3.41. The van der Waals surface area contributed by atoms with Crippen LogP contribution in [-0.4, -0.2) is 42.9 Å². The minimum Gasteiger partial charge on any atom is -0.480 e. The van der Waals surface area contributed by atoms with Crippen molar-refractivity contribution < 1.29 is 19.6 Å². The summed E-state index contributed by atoms with van der Waals surface area (Å²) in [4.78, 5) is 33.5. The molecule has 1 unspecified atom stereocenters. The summed E-state index contributed by atoms with van der Waals surface area (Å²) in [6, 6.07) is 4.69. The quantitative estimate of drug-likeness (QED) is 0.595. The molecular weight excluding hydrogens is 318 g/mol. The molecule has 0 fully saturated rings. The van der Waals surface area contributed by atoms with Gasteiger partial charge in [0.05, 0.1) is 16.3 Å². The van der Waals surface area contributed by atoms with E-state index in [-0.39, 0.29) is 17.8 Å². The first kappa shape index (κ1) is 17.1. The Kier molecular flexibility index (Phi) is 4.87. The molecule has 1 atom stereocenters. The second-order valence-corrected chi connectivity index (χ2v) is 4.98. The molecule has 1 heterocycles. The molecule has 0 spiro atoms. The Morgan fingerprint density at radius 3 is 2.75 bits per heavy atom. The van der Waals surface area contributed by atoms with Crippen molar-refractivity contribution in [2.75, 3.05) is 0 Å². The van der Waals surface area contributed by atoms with E-state index in [0.29, 0.717) is 11.4 Å². The highest BCUT2D eigenvalue weighted by Gasteiger charge is 2.23. The van der Waals surface area contributed by atoms with Crippen LogP contribution in [0.3, 0.4) is 0 Å². The molecule has 10 nitrogen and oxygen atoms in total. The first-order valence-electron chi connectivity index (χ1n) is 7.06. The van der Waals surface area contributed by atoms with Gasteiger partial charge < -0.3 is 10.4 Å². The van der Waals surface area contributed by atoms with E-state index in [4.69, 9.17) is 5.11 Å². The first-order chi connectivity index (χ1) is 11.3. The molecule has 2 rings (SSSR count). The summed E-state index contributed by atoms with van der Waals surface area (Å²) in [5, 5.41) is 29.8. The van der Waals surface area contributed by atoms with Crippen molar-refractivity contribution in [2.45, 2.75) is 26.3 Å². The number of non-ortho nitro benzene ring substituents is 1. The van der Waals surface area contributed by atoms with Crippen LogP contribution in [0.5, 0.6) is 0 Å². The Morgan fingerprint density at radius 1 is 1.46 bits per heavy atom. The first-order valence-corrected chi connectivity index (χ1v) is 7.06. The van der Waals surface area contributed by atoms with E-state index in [2.05, 4.69) is 15.6 Å². The van der Waals surface area contributed by atoms with Crippen LogP contribution in [0, 0.1) is 17.0 Å². The zero-order chi connectivity index (χ0) is 17.9. The lowest BCUT2D eigenvalue weighted by atomic mass is 10.2. The smallest absolute Gasteiger partial charge is 0.326 e. The van der Waals surface area contributed by atoms with E-state index in [1.807, 2.05) is 0 Å². The van der Waals surface area contributed by atoms with E-state index in [9.17, 15) is 19.7 Å². The van der Waals surface area contributed by atoms with Crippen LogP contribution in [0.4, 0.5) is 5.69 Å². The Morgan fingerprint density at radius 2 is 2.17 bits per heavy atom. The molecule has 1 aromatic heterocycles. The number of carboxylic acid groups (broad SMARTS) is 1. The molecule has 0 aliphatic carbocycles. The van der Waals surface area contributed by atoms with Crippen LogP contribution in [-0.2, 0) is 4.79 Å². The molecular formula is C14H15N5O5. The minimum atomic E-state index is -1.14. The second kappa shape index (κ2) is 6.86. The van der Waals surface area contributed by atoms with E-state index >= 15 is 0 Å². The largest absolute Gasteiger partial charge is 0.480 e. The number of carboxylic acids is 1. The SMILES string of the molecule is CCC(NC(=O)c1nnn(-c2cccc([N+](=O)[O-])c2)c1C)C(=O)O. The molecule has 1 aromatic carbocycles. The number of carbonyl (C=O) groups is 2. The van der Waals surface area contributed by atoms with E-state index in [0.717, 1.165) is 0 Å². The molecule has 2 aromatic rings. The lowest BCUT2D eigenvalue weighted by Gasteiger charge is -2.11. The molecule has 2 N–H and O–H groups in total. The van der Waals surface area contributed by atoms with Crippen molar-refractivity contribution in [2.24, 2.45) is 0 Å². The Bertz CT molecular complexity index is 801. The lowest BCUT2D eigenvalue weighted by Crippen LogP contribution is -2.40. The highest BCUT2D eigenvalue weighted by molar-refractivity contribution is 5.95. The molecule has 10 heteroatoms. The number of aliphatic carboxylic acids is 1. The van der Waals surface area contributed by atoms with Crippen LogP contribution < -0.4 is 5.32 Å². The van der Waals surface area contributed by atoms with Gasteiger partial charge in [-0.15, -0.1) is 5.10 Å². The molecule has 0 bridgehead atoms. The van der Waals surface area contributed by atoms with Crippen LogP contribution in [0.15, 0.2) is 24.3 Å². The van der Waals surface area contributed by atoms with Gasteiger partial charge in [0.25, 0.3) is 11.6 Å². The zero-order valence-electron chi connectivity index (χ0n) is 13.0. The van der Waals surface area contributed by atoms with Gasteiger partial charge in [-0.2, -0.15) is 0 Å². The standard InChI is InChI=1S/C14H15N5O5/c1-3-11(14(21)22)15-13(20)12-8(2)18(17-16-12)9-5-4-6-10(7-9)19(23)24/h4-7,11H,3H2,1-2H3,(H,15,20)(H,21,22). The summed E-state index contributed by atoms with van der Waals surface area (Å²) in [5.74, 6) is -1.81.